The molecular formula is C98H60N6O2. The maximum absolute atomic E-state index is 7.24. The van der Waals surface area contributed by atoms with Gasteiger partial charge in [-0.15, -0.1) is 0 Å². The molecule has 0 radical (unpaired) electrons. The Morgan fingerprint density at radius 3 is 0.840 bits per heavy atom. The van der Waals surface area contributed by atoms with E-state index in [1.165, 1.54) is 44.5 Å². The first-order valence-electron chi connectivity index (χ1n) is 35.9. The van der Waals surface area contributed by atoms with E-state index >= 15 is 0 Å². The van der Waals surface area contributed by atoms with Crippen LogP contribution in [-0.4, -0.2) is 29.9 Å². The number of hydrogen-bond donors (Lipinski definition) is 0. The van der Waals surface area contributed by atoms with E-state index in [0.717, 1.165) is 123 Å². The van der Waals surface area contributed by atoms with Crippen molar-refractivity contribution in [3.05, 3.63) is 408 Å². The summed E-state index contributed by atoms with van der Waals surface area (Å²) in [6, 6.07) is 129. The SMILES string of the molecule is c1ccc(-c2ccc(-c3nc(-c4ccccc4)nc(-c4cccc(-c5ccc6c(c5)Oc5ccc(-c7ccc(-c8nc(-c9ccccc9)nc(-c9cccc(-c%10ccc%11c(c%10)Oc%10ccccc%10C%11%10c%11ccccc%11-c%11ccccc%11%10)c9)n8)cc7)cc5C65c6ccccc6-c6ccccc65)c4)n3)cc2)cc1. The van der Waals surface area contributed by atoms with Gasteiger partial charge in [-0.25, -0.2) is 29.9 Å². The van der Waals surface area contributed by atoms with E-state index in [9.17, 15) is 0 Å². The smallest absolute Gasteiger partial charge is 0.164 e. The van der Waals surface area contributed by atoms with Gasteiger partial charge in [0.15, 0.2) is 34.9 Å². The highest BCUT2D eigenvalue weighted by Gasteiger charge is 2.53. The second-order valence-electron chi connectivity index (χ2n) is 27.5. The lowest BCUT2D eigenvalue weighted by molar-refractivity contribution is 0.436. The van der Waals surface area contributed by atoms with Crippen LogP contribution >= 0.6 is 0 Å². The molecule has 106 heavy (non-hydrogen) atoms. The van der Waals surface area contributed by atoms with Crippen LogP contribution in [0.1, 0.15) is 44.5 Å². The molecule has 0 fully saturated rings. The molecule has 17 aromatic rings. The summed E-state index contributed by atoms with van der Waals surface area (Å²) in [5.74, 6) is 6.79. The molecule has 2 aliphatic carbocycles. The number of nitrogens with zero attached hydrogens (tertiary/aromatic N) is 6. The molecule has 494 valence electrons. The monoisotopic (exact) mass is 1350 g/mol. The Bertz CT molecular complexity index is 6310. The van der Waals surface area contributed by atoms with Crippen molar-refractivity contribution in [1.29, 1.82) is 0 Å². The fourth-order valence-corrected chi connectivity index (χ4v) is 16.9. The van der Waals surface area contributed by atoms with Crippen LogP contribution in [0.5, 0.6) is 23.0 Å². The highest BCUT2D eigenvalue weighted by molar-refractivity contribution is 5.92. The zero-order chi connectivity index (χ0) is 69.9. The molecule has 2 aliphatic heterocycles. The molecule has 0 saturated carbocycles. The number of ether oxygens (including phenoxy) is 2. The molecule has 0 unspecified atom stereocenters. The van der Waals surface area contributed by atoms with Gasteiger partial charge in [0.2, 0.25) is 0 Å². The number of fused-ring (bicyclic) bond motifs is 18. The molecule has 15 aromatic carbocycles. The molecule has 8 heteroatoms. The number of rotatable bonds is 10. The summed E-state index contributed by atoms with van der Waals surface area (Å²) in [7, 11) is 0. The van der Waals surface area contributed by atoms with Crippen molar-refractivity contribution in [2.24, 2.45) is 0 Å². The van der Waals surface area contributed by atoms with Gasteiger partial charge in [0, 0.05) is 55.6 Å². The second kappa shape index (κ2) is 24.3. The first kappa shape index (κ1) is 60.7. The van der Waals surface area contributed by atoms with Crippen molar-refractivity contribution in [3.8, 4) is 158 Å². The molecule has 8 nitrogen and oxygen atoms in total. The van der Waals surface area contributed by atoms with E-state index in [1.54, 1.807) is 0 Å². The third-order valence-electron chi connectivity index (χ3n) is 21.8. The molecule has 2 spiro atoms. The highest BCUT2D eigenvalue weighted by atomic mass is 16.5. The summed E-state index contributed by atoms with van der Waals surface area (Å²) in [5, 5.41) is 0. The molecule has 0 N–H and O–H groups in total. The molecule has 21 rings (SSSR count). The van der Waals surface area contributed by atoms with Crippen LogP contribution in [-0.2, 0) is 10.8 Å². The molecule has 2 aromatic heterocycles. The fourth-order valence-electron chi connectivity index (χ4n) is 16.9. The van der Waals surface area contributed by atoms with Crippen molar-refractivity contribution in [3.63, 3.8) is 0 Å². The summed E-state index contributed by atoms with van der Waals surface area (Å²) in [4.78, 5) is 31.1. The highest BCUT2D eigenvalue weighted by Crippen LogP contribution is 2.64. The first-order chi connectivity index (χ1) is 52.5. The van der Waals surface area contributed by atoms with Crippen molar-refractivity contribution < 1.29 is 9.47 Å². The summed E-state index contributed by atoms with van der Waals surface area (Å²) in [6.45, 7) is 0. The van der Waals surface area contributed by atoms with Gasteiger partial charge < -0.3 is 9.47 Å². The van der Waals surface area contributed by atoms with Crippen LogP contribution in [0.3, 0.4) is 0 Å². The van der Waals surface area contributed by atoms with E-state index in [4.69, 9.17) is 39.4 Å². The predicted octanol–water partition coefficient (Wildman–Crippen LogP) is 23.7. The second-order valence-corrected chi connectivity index (χ2v) is 27.5. The summed E-state index contributed by atoms with van der Waals surface area (Å²) in [5.41, 5.74) is 26.7. The van der Waals surface area contributed by atoms with Crippen LogP contribution < -0.4 is 9.47 Å². The van der Waals surface area contributed by atoms with Gasteiger partial charge in [0.25, 0.3) is 0 Å². The molecule has 4 heterocycles. The predicted molar refractivity (Wildman–Crippen MR) is 422 cm³/mol. The Kier molecular flexibility index (Phi) is 13.9. The van der Waals surface area contributed by atoms with Crippen molar-refractivity contribution in [2.45, 2.75) is 10.8 Å². The zero-order valence-electron chi connectivity index (χ0n) is 57.1. The number of hydrogen-bond acceptors (Lipinski definition) is 8. The maximum atomic E-state index is 7.24. The van der Waals surface area contributed by atoms with Gasteiger partial charge in [-0.1, -0.05) is 322 Å². The van der Waals surface area contributed by atoms with Gasteiger partial charge >= 0.3 is 0 Å². The molecule has 4 aliphatic rings. The number of benzene rings is 15. The van der Waals surface area contributed by atoms with Crippen LogP contribution in [0, 0.1) is 0 Å². The molecule has 0 amide bonds. The topological polar surface area (TPSA) is 95.8 Å². The number of aromatic nitrogens is 6. The Labute approximate surface area is 613 Å². The third kappa shape index (κ3) is 9.62. The van der Waals surface area contributed by atoms with Crippen LogP contribution in [0.4, 0.5) is 0 Å². The van der Waals surface area contributed by atoms with Crippen LogP contribution in [0.25, 0.3) is 135 Å². The Balaban J connectivity index is 0.623. The van der Waals surface area contributed by atoms with E-state index in [1.807, 2.05) is 54.6 Å². The van der Waals surface area contributed by atoms with Crippen LogP contribution in [0.2, 0.25) is 0 Å². The maximum Gasteiger partial charge on any atom is 0.164 e. The van der Waals surface area contributed by atoms with Gasteiger partial charge in [0.1, 0.15) is 23.0 Å². The first-order valence-corrected chi connectivity index (χ1v) is 35.9. The van der Waals surface area contributed by atoms with E-state index in [-0.39, 0.29) is 0 Å². The summed E-state index contributed by atoms with van der Waals surface area (Å²) >= 11 is 0. The summed E-state index contributed by atoms with van der Waals surface area (Å²) in [6.07, 6.45) is 0. The summed E-state index contributed by atoms with van der Waals surface area (Å²) < 4.78 is 14.2. The average Bonchev–Trinajstić information content (AvgIpc) is 1.52. The molecule has 0 saturated heterocycles. The molecular weight excluding hydrogens is 1290 g/mol. The van der Waals surface area contributed by atoms with Crippen molar-refractivity contribution >= 4 is 0 Å². The Morgan fingerprint density at radius 1 is 0.151 bits per heavy atom. The third-order valence-corrected chi connectivity index (χ3v) is 21.8. The quantitative estimate of drug-likeness (QED) is 0.134. The Morgan fingerprint density at radius 2 is 0.406 bits per heavy atom. The van der Waals surface area contributed by atoms with E-state index in [2.05, 4.69) is 309 Å². The van der Waals surface area contributed by atoms with Gasteiger partial charge in [-0.3, -0.25) is 0 Å². The lowest BCUT2D eigenvalue weighted by Gasteiger charge is -2.40. The standard InChI is InChI=1S/C98H60N6O2/c1-4-22-61(23-5-1)62-42-46-66(47-43-62)93-99-91(64-24-6-2-7-25-64)101-95(103-93)74-31-21-29-69(57-74)72-51-54-85-90(60-72)106-88-55-52-70(58-86(88)98(85)81-38-16-12-34-77(81)78-35-13-17-39-82(78)98)63-44-48-67(49-45-63)94-100-92(65-26-8-3-9-27-65)102-96(104-94)73-30-20-28-68(56-73)71-50-53-84-89(59-71)105-87-41-19-18-40-83(87)97(84)79-36-14-10-32-75(79)76-33-11-15-37-80(76)97/h1-60H. The van der Waals surface area contributed by atoms with Crippen LogP contribution in [0.15, 0.2) is 364 Å². The largest absolute Gasteiger partial charge is 0.457 e. The lowest BCUT2D eigenvalue weighted by Crippen LogP contribution is -2.32. The average molecular weight is 1350 g/mol. The zero-order valence-corrected chi connectivity index (χ0v) is 57.1. The fraction of sp³-hybridized carbons (Fsp3) is 0.0204. The molecule has 0 atom stereocenters. The Hall–Kier alpha value is -14.1. The van der Waals surface area contributed by atoms with Gasteiger partial charge in [-0.05, 0) is 131 Å². The molecule has 0 bridgehead atoms. The lowest BCUT2D eigenvalue weighted by atomic mass is 9.65. The van der Waals surface area contributed by atoms with E-state index < -0.39 is 10.8 Å². The number of para-hydroxylation sites is 1. The van der Waals surface area contributed by atoms with E-state index in [0.29, 0.717) is 34.9 Å². The minimum atomic E-state index is -0.717. The van der Waals surface area contributed by atoms with Gasteiger partial charge in [-0.2, -0.15) is 0 Å². The normalized spacial score (nSPS) is 13.2. The van der Waals surface area contributed by atoms with Gasteiger partial charge in [0.05, 0.1) is 10.8 Å². The minimum Gasteiger partial charge on any atom is -0.457 e. The minimum absolute atomic E-state index is 0.547. The van der Waals surface area contributed by atoms with Crippen molar-refractivity contribution in [2.75, 3.05) is 0 Å². The van der Waals surface area contributed by atoms with Crippen molar-refractivity contribution in [1.82, 2.24) is 29.9 Å².